The predicted octanol–water partition coefficient (Wildman–Crippen LogP) is 3.72. The number of rotatable bonds is 0. The van der Waals surface area contributed by atoms with Crippen molar-refractivity contribution in [3.8, 4) is 24.7 Å². The molecule has 74 valence electrons. The van der Waals surface area contributed by atoms with Crippen LogP contribution in [0.5, 0.6) is 0 Å². The molecule has 0 amide bonds. The maximum atomic E-state index is 5.06. The third-order valence-electron chi connectivity index (χ3n) is 1.07. The fourth-order valence-corrected chi connectivity index (χ4v) is 0.306. The normalized spacial score (nSPS) is 10.5. The van der Waals surface area contributed by atoms with Crippen LogP contribution in [0.25, 0.3) is 0 Å². The van der Waals surface area contributed by atoms with Gasteiger partial charge in [-0.15, -0.1) is 24.7 Å². The zero-order valence-electron chi connectivity index (χ0n) is 9.86. The van der Waals surface area contributed by atoms with E-state index in [1.807, 2.05) is 20.8 Å². The van der Waals surface area contributed by atoms with Crippen molar-refractivity contribution in [2.75, 3.05) is 0 Å². The van der Waals surface area contributed by atoms with Crippen LogP contribution in [0.4, 0.5) is 0 Å². The summed E-state index contributed by atoms with van der Waals surface area (Å²) in [6, 6.07) is 0. The Morgan fingerprint density at radius 3 is 1.23 bits per heavy atom. The summed E-state index contributed by atoms with van der Waals surface area (Å²) in [6.45, 7) is 12.4. The van der Waals surface area contributed by atoms with Crippen LogP contribution in [0.1, 0.15) is 48.0 Å². The van der Waals surface area contributed by atoms with Crippen molar-refractivity contribution in [2.24, 2.45) is 10.8 Å². The van der Waals surface area contributed by atoms with Gasteiger partial charge in [-0.3, -0.25) is 0 Å². The molecular weight excluding hydrogens is 156 g/mol. The highest BCUT2D eigenvalue weighted by Gasteiger charge is 2.05. The van der Waals surface area contributed by atoms with E-state index in [1.165, 1.54) is 0 Å². The topological polar surface area (TPSA) is 0 Å². The van der Waals surface area contributed by atoms with Crippen LogP contribution in [-0.2, 0) is 0 Å². The Bertz CT molecular complexity index is 194. The third kappa shape index (κ3) is 24.7. The number of terminal acetylenes is 2. The van der Waals surface area contributed by atoms with Gasteiger partial charge in [0.2, 0.25) is 0 Å². The Labute approximate surface area is 84.1 Å². The second-order valence-electron chi connectivity index (χ2n) is 5.34. The fourth-order valence-electron chi connectivity index (χ4n) is 0.306. The smallest absolute Gasteiger partial charge is 0.0227 e. The van der Waals surface area contributed by atoms with Crippen LogP contribution < -0.4 is 0 Å². The van der Waals surface area contributed by atoms with E-state index in [-0.39, 0.29) is 5.41 Å². The van der Waals surface area contributed by atoms with E-state index in [0.717, 1.165) is 6.42 Å². The van der Waals surface area contributed by atoms with Crippen molar-refractivity contribution >= 4 is 0 Å². The molecule has 0 N–H and O–H groups in total. The van der Waals surface area contributed by atoms with Gasteiger partial charge in [-0.05, 0) is 26.2 Å². The van der Waals surface area contributed by atoms with E-state index in [2.05, 4.69) is 32.6 Å². The molecule has 0 rings (SSSR count). The quantitative estimate of drug-likeness (QED) is 0.496. The SMILES string of the molecule is C#CC(C)(C)C.C#CCC(C)(C)C. The fraction of sp³-hybridized carbons (Fsp3) is 0.692. The molecule has 0 aromatic rings. The minimum Gasteiger partial charge on any atom is -0.120 e. The monoisotopic (exact) mass is 178 g/mol. The molecule has 0 bridgehead atoms. The van der Waals surface area contributed by atoms with Crippen LogP contribution in [0.15, 0.2) is 0 Å². The Morgan fingerprint density at radius 2 is 1.23 bits per heavy atom. The molecule has 0 fully saturated rings. The van der Waals surface area contributed by atoms with Crippen molar-refractivity contribution in [1.29, 1.82) is 0 Å². The van der Waals surface area contributed by atoms with E-state index < -0.39 is 0 Å². The first-order valence-corrected chi connectivity index (χ1v) is 4.53. The Kier molecular flexibility index (Phi) is 6.43. The molecule has 0 heterocycles. The molecule has 13 heavy (non-hydrogen) atoms. The first-order chi connectivity index (χ1) is 5.62. The van der Waals surface area contributed by atoms with Crippen molar-refractivity contribution in [3.63, 3.8) is 0 Å². The summed E-state index contributed by atoms with van der Waals surface area (Å²) in [6.07, 6.45) is 11.0. The predicted molar refractivity (Wildman–Crippen MR) is 61.2 cm³/mol. The number of hydrogen-bond acceptors (Lipinski definition) is 0. The molecule has 0 atom stereocenters. The summed E-state index contributed by atoms with van der Waals surface area (Å²) in [5, 5.41) is 0. The molecule has 0 radical (unpaired) electrons. The minimum atomic E-state index is 0.0694. The summed E-state index contributed by atoms with van der Waals surface area (Å²) >= 11 is 0. The van der Waals surface area contributed by atoms with Crippen LogP contribution in [0.3, 0.4) is 0 Å². The molecule has 0 aromatic carbocycles. The van der Waals surface area contributed by atoms with Crippen LogP contribution in [0, 0.1) is 35.5 Å². The lowest BCUT2D eigenvalue weighted by Crippen LogP contribution is -2.01. The molecule has 0 aromatic heterocycles. The van der Waals surface area contributed by atoms with Crippen molar-refractivity contribution < 1.29 is 0 Å². The highest BCUT2D eigenvalue weighted by atomic mass is 14.1. The van der Waals surface area contributed by atoms with Gasteiger partial charge in [0.15, 0.2) is 0 Å². The van der Waals surface area contributed by atoms with Crippen LogP contribution in [0.2, 0.25) is 0 Å². The van der Waals surface area contributed by atoms with Crippen molar-refractivity contribution in [1.82, 2.24) is 0 Å². The minimum absolute atomic E-state index is 0.0694. The Balaban J connectivity index is 0. The van der Waals surface area contributed by atoms with Gasteiger partial charge >= 0.3 is 0 Å². The molecule has 0 nitrogen and oxygen atoms in total. The van der Waals surface area contributed by atoms with Gasteiger partial charge in [-0.2, -0.15) is 0 Å². The lowest BCUT2D eigenvalue weighted by atomic mass is 9.93. The highest BCUT2D eigenvalue weighted by molar-refractivity contribution is 4.96. The lowest BCUT2D eigenvalue weighted by molar-refractivity contribution is 0.428. The summed E-state index contributed by atoms with van der Waals surface area (Å²) in [7, 11) is 0. The van der Waals surface area contributed by atoms with Crippen LogP contribution in [-0.4, -0.2) is 0 Å². The zero-order chi connectivity index (χ0) is 11.1. The maximum Gasteiger partial charge on any atom is 0.0227 e. The summed E-state index contributed by atoms with van der Waals surface area (Å²) in [5.74, 6) is 5.21. The average molecular weight is 178 g/mol. The van der Waals surface area contributed by atoms with Crippen molar-refractivity contribution in [3.05, 3.63) is 0 Å². The van der Waals surface area contributed by atoms with E-state index >= 15 is 0 Å². The van der Waals surface area contributed by atoms with Gasteiger partial charge in [0.1, 0.15) is 0 Å². The van der Waals surface area contributed by atoms with Crippen LogP contribution >= 0.6 is 0 Å². The zero-order valence-corrected chi connectivity index (χ0v) is 9.86. The maximum absolute atomic E-state index is 5.06. The van der Waals surface area contributed by atoms with Crippen molar-refractivity contribution in [2.45, 2.75) is 48.0 Å². The molecule has 0 spiro atoms. The molecule has 0 saturated carbocycles. The van der Waals surface area contributed by atoms with E-state index in [1.54, 1.807) is 0 Å². The van der Waals surface area contributed by atoms with E-state index in [4.69, 9.17) is 12.8 Å². The second kappa shape index (κ2) is 5.71. The molecule has 0 heteroatoms. The van der Waals surface area contributed by atoms with Gasteiger partial charge in [0, 0.05) is 11.8 Å². The summed E-state index contributed by atoms with van der Waals surface area (Å²) < 4.78 is 0. The Hall–Kier alpha value is -0.880. The molecule has 0 aliphatic heterocycles. The van der Waals surface area contributed by atoms with E-state index in [0.29, 0.717) is 5.41 Å². The van der Waals surface area contributed by atoms with Gasteiger partial charge in [0.25, 0.3) is 0 Å². The lowest BCUT2D eigenvalue weighted by Gasteiger charge is -2.11. The first-order valence-electron chi connectivity index (χ1n) is 4.53. The average Bonchev–Trinajstić information content (AvgIpc) is 1.84. The standard InChI is InChI=1S/C7H12.C6H10/c1-5-6-7(2,3)4;1-5-6(2,3)4/h1H,6H2,2-4H3;1H,2-4H3. The van der Waals surface area contributed by atoms with Gasteiger partial charge in [-0.1, -0.05) is 20.8 Å². The number of hydrogen-bond donors (Lipinski definition) is 0. The summed E-state index contributed by atoms with van der Waals surface area (Å²) in [4.78, 5) is 0. The molecule has 0 aliphatic rings. The third-order valence-corrected chi connectivity index (χ3v) is 1.07. The Morgan fingerprint density at radius 1 is 0.923 bits per heavy atom. The molecular formula is C13H22. The largest absolute Gasteiger partial charge is 0.120 e. The summed E-state index contributed by atoms with van der Waals surface area (Å²) in [5.41, 5.74) is 0.384. The van der Waals surface area contributed by atoms with E-state index in [9.17, 15) is 0 Å². The first kappa shape index (κ1) is 14.6. The molecule has 0 aliphatic carbocycles. The van der Waals surface area contributed by atoms with Gasteiger partial charge in [-0.25, -0.2) is 0 Å². The van der Waals surface area contributed by atoms with Gasteiger partial charge in [0.05, 0.1) is 0 Å². The second-order valence-corrected chi connectivity index (χ2v) is 5.34. The molecule has 0 unspecified atom stereocenters. The van der Waals surface area contributed by atoms with Gasteiger partial charge < -0.3 is 0 Å². The highest BCUT2D eigenvalue weighted by Crippen LogP contribution is 2.16. The molecule has 0 saturated heterocycles.